The number of ether oxygens (including phenoxy) is 1. The predicted octanol–water partition coefficient (Wildman–Crippen LogP) is 23.4. The van der Waals surface area contributed by atoms with Crippen molar-refractivity contribution in [2.75, 3.05) is 13.4 Å². The van der Waals surface area contributed by atoms with Gasteiger partial charge in [-0.15, -0.1) is 23.1 Å². The highest BCUT2D eigenvalue weighted by atomic mass is 35.5. The second kappa shape index (κ2) is 43.1. The Balaban J connectivity index is 0.000000117. The number of nitrogens with zero attached hydrogens (tertiary/aromatic N) is 9. The van der Waals surface area contributed by atoms with E-state index in [1.165, 1.54) is 30.1 Å². The van der Waals surface area contributed by atoms with Crippen LogP contribution in [0.25, 0.3) is 150 Å². The molecule has 0 fully saturated rings. The van der Waals surface area contributed by atoms with Crippen molar-refractivity contribution in [3.05, 3.63) is 453 Å². The number of rotatable bonds is 12. The van der Waals surface area contributed by atoms with Crippen molar-refractivity contribution in [3.8, 4) is 62.5 Å². The van der Waals surface area contributed by atoms with Crippen LogP contribution in [0.5, 0.6) is 5.75 Å². The van der Waals surface area contributed by atoms with Crippen molar-refractivity contribution in [2.24, 2.45) is 0 Å². The van der Waals surface area contributed by atoms with E-state index in [0.29, 0.717) is 129 Å². The first-order chi connectivity index (χ1) is 66.5. The van der Waals surface area contributed by atoms with E-state index >= 15 is 0 Å². The number of para-hydroxylation sites is 3. The molecule has 0 aliphatic carbocycles. The summed E-state index contributed by atoms with van der Waals surface area (Å²) in [7, 11) is 1.54. The van der Waals surface area contributed by atoms with Gasteiger partial charge in [-0.3, -0.25) is 4.98 Å². The fourth-order valence-electron chi connectivity index (χ4n) is 13.7. The minimum atomic E-state index is -0.717. The number of halogens is 4. The second-order valence-corrected chi connectivity index (χ2v) is 33.0. The smallest absolute Gasteiger partial charge is 0.348 e. The molecule has 32 heteroatoms. The van der Waals surface area contributed by atoms with Crippen LogP contribution in [0, 0.1) is 13.8 Å². The molecule has 676 valence electrons. The molecule has 0 aliphatic rings. The number of fused-ring (bicyclic) bond motifs is 8. The minimum Gasteiger partial charge on any atom is -0.497 e. The summed E-state index contributed by atoms with van der Waals surface area (Å²) in [4.78, 5) is 136. The molecular formula is C105H69Cl4N9O17S2. The lowest BCUT2D eigenvalue weighted by molar-refractivity contribution is 0.415. The Kier molecular flexibility index (Phi) is 29.5. The Bertz CT molecular complexity index is 8670. The largest absolute Gasteiger partial charge is 0.497 e. The van der Waals surface area contributed by atoms with Gasteiger partial charge in [0.1, 0.15) is 22.3 Å². The number of thioether (sulfide) groups is 1. The normalized spacial score (nSPS) is 10.8. The average molecular weight is 1930 g/mol. The maximum atomic E-state index is 12.4. The van der Waals surface area contributed by atoms with E-state index in [1.807, 2.05) is 176 Å². The van der Waals surface area contributed by atoms with Crippen LogP contribution in [0.15, 0.2) is 388 Å². The third-order valence-corrected chi connectivity index (χ3v) is 23.8. The topological polar surface area (TPSA) is 367 Å². The average Bonchev–Trinajstić information content (AvgIpc) is 1.49. The van der Waals surface area contributed by atoms with Crippen LogP contribution in [0.2, 0.25) is 20.1 Å². The molecule has 0 bridgehead atoms. The Morgan fingerprint density at radius 2 is 0.810 bits per heavy atom. The molecule has 0 amide bonds. The molecule has 10 heterocycles. The van der Waals surface area contributed by atoms with Crippen molar-refractivity contribution in [2.45, 2.75) is 31.6 Å². The van der Waals surface area contributed by atoms with E-state index in [2.05, 4.69) is 63.6 Å². The summed E-state index contributed by atoms with van der Waals surface area (Å²) in [6.07, 6.45) is 6.19. The SMILES string of the molecule is C=Cc1nc2ccc(OC)cc2c(=O)o1.CSc1ccc2nc(C)oc(=O)c2c1.Cc1ccc2nc(-c3ccccc3)oc(=O)c2c1.O=c1oc(-c2ccc(-c3nc4ccccc4c(=O)o3)cc2)nc2ccccc12.O=c1oc(-c2ccccn2)nc2c(Cl)c(Cl)c(Cl)c(Cl)c12.O=c1oc(-c2cccs2)nc2ccccc12.O=c1oc(Cc2ccccc2)nc2ccc(Cc3ccccc3)cc12. The van der Waals surface area contributed by atoms with Crippen molar-refractivity contribution >= 4 is 163 Å². The van der Waals surface area contributed by atoms with Gasteiger partial charge in [-0.25, -0.2) is 78.2 Å². The van der Waals surface area contributed by atoms with Gasteiger partial charge in [-0.2, -0.15) is 0 Å². The fraction of sp³-hybridized carbons (Fsp3) is 0.0571. The van der Waals surface area contributed by atoms with Gasteiger partial charge in [0.05, 0.1) is 108 Å². The van der Waals surface area contributed by atoms with E-state index in [9.17, 15) is 38.4 Å². The Labute approximate surface area is 802 Å². The molecule has 26 nitrogen and oxygen atoms in total. The van der Waals surface area contributed by atoms with Crippen LogP contribution >= 0.6 is 69.5 Å². The molecule has 0 saturated heterocycles. The number of aryl methyl sites for hydroxylation is 2. The first kappa shape index (κ1) is 93.9. The summed E-state index contributed by atoms with van der Waals surface area (Å²) < 4.78 is 46.5. The van der Waals surface area contributed by atoms with Gasteiger partial charge in [0, 0.05) is 41.1 Å². The van der Waals surface area contributed by atoms with Gasteiger partial charge < -0.3 is 40.1 Å². The molecule has 0 atom stereocenters. The number of methoxy groups -OCH3 is 1. The number of pyridine rings is 1. The van der Waals surface area contributed by atoms with Crippen molar-refractivity contribution in [1.82, 2.24) is 44.9 Å². The van der Waals surface area contributed by atoms with E-state index in [0.717, 1.165) is 38.4 Å². The van der Waals surface area contributed by atoms with Crippen molar-refractivity contribution in [1.29, 1.82) is 0 Å². The summed E-state index contributed by atoms with van der Waals surface area (Å²) in [5.74, 6) is 2.88. The van der Waals surface area contributed by atoms with Gasteiger partial charge in [0.15, 0.2) is 5.89 Å². The van der Waals surface area contributed by atoms with Crippen LogP contribution in [0.1, 0.15) is 39.9 Å². The van der Waals surface area contributed by atoms with Crippen molar-refractivity contribution < 1.29 is 40.1 Å². The number of thiophene rings is 1. The monoisotopic (exact) mass is 1930 g/mol. The van der Waals surface area contributed by atoms with Crippen LogP contribution in [-0.2, 0) is 12.8 Å². The van der Waals surface area contributed by atoms with E-state index in [4.69, 9.17) is 86.5 Å². The van der Waals surface area contributed by atoms with Gasteiger partial charge in [-0.1, -0.05) is 198 Å². The Morgan fingerprint density at radius 3 is 1.39 bits per heavy atom. The Morgan fingerprint density at radius 1 is 0.358 bits per heavy atom. The maximum absolute atomic E-state index is 12.4. The zero-order valence-electron chi connectivity index (χ0n) is 72.4. The highest BCUT2D eigenvalue weighted by Gasteiger charge is 2.23. The van der Waals surface area contributed by atoms with E-state index in [-0.39, 0.29) is 77.1 Å². The molecule has 0 aliphatic heterocycles. The molecule has 0 N–H and O–H groups in total. The standard InChI is InChI=1S/C22H12N2O4.C22H17NO2.C15H11NO2.C13H4Cl4N2O2.C12H7NO2S.C11H9NO3.C10H9NO2S/c25-21-15-5-1-3-7-17(15)23-19(27-21)13-9-11-14(12-10-13)20-24-18-8-4-2-6-16(18)22(26)28-20;24-22-19-14-18(13-16-7-3-1-4-8-16)11-12-20(19)23-21(25-22)15-17-9-5-2-6-10-17;1-10-7-8-13-12(9-10)15(17)18-14(16-13)11-5-3-2-4-6-11;14-7-6-11(10(17)9(16)8(7)15)19-12(21-13(6)20)5-3-1-2-4-18-5;14-12-8-4-1-2-5-9(8)13-11(15-12)10-6-3-7-16-10;1-3-10-12-9-5-4-7(14-2)6-8(9)11(13)15-10;1-6-11-9-4-3-7(14-2)5-8(9)10(12)13-6/h1-12H;1-12,14H,13,15H2;2-9H,1H3;1-4H;1-7H;3-6H,1H2,2H3;3-5H,1-2H3. The third-order valence-electron chi connectivity index (χ3n) is 20.4. The predicted molar refractivity (Wildman–Crippen MR) is 535 cm³/mol. The van der Waals surface area contributed by atoms with Crippen LogP contribution in [0.4, 0.5) is 0 Å². The van der Waals surface area contributed by atoms with Gasteiger partial charge in [0.25, 0.3) is 0 Å². The van der Waals surface area contributed by atoms with Crippen LogP contribution in [0.3, 0.4) is 0 Å². The lowest BCUT2D eigenvalue weighted by Gasteiger charge is -2.07. The molecule has 0 unspecified atom stereocenters. The zero-order chi connectivity index (χ0) is 95.8. The minimum absolute atomic E-state index is 0.0178. The summed E-state index contributed by atoms with van der Waals surface area (Å²) in [6, 6.07) is 88.5. The first-order valence-electron chi connectivity index (χ1n) is 41.5. The fourth-order valence-corrected chi connectivity index (χ4v) is 15.8. The molecule has 22 rings (SSSR count). The Hall–Kier alpha value is -16.3. The molecule has 0 radical (unpaired) electrons. The van der Waals surface area contributed by atoms with E-state index in [1.54, 1.807) is 146 Å². The number of benzene rings is 12. The van der Waals surface area contributed by atoms with Gasteiger partial charge in [0.2, 0.25) is 41.2 Å². The number of hydrogen-bond acceptors (Lipinski definition) is 28. The molecule has 0 spiro atoms. The second-order valence-electron chi connectivity index (χ2n) is 29.6. The van der Waals surface area contributed by atoms with Gasteiger partial charge >= 0.3 is 45.0 Å². The summed E-state index contributed by atoms with van der Waals surface area (Å²) in [5, 5.41) is 5.29. The zero-order valence-corrected chi connectivity index (χ0v) is 77.0. The van der Waals surface area contributed by atoms with Crippen molar-refractivity contribution in [3.63, 3.8) is 0 Å². The summed E-state index contributed by atoms with van der Waals surface area (Å²) in [6.45, 7) is 7.10. The van der Waals surface area contributed by atoms with Gasteiger partial charge in [-0.05, 0) is 199 Å². The highest BCUT2D eigenvalue weighted by Crippen LogP contribution is 2.42. The molecule has 10 aromatic heterocycles. The summed E-state index contributed by atoms with van der Waals surface area (Å²) in [5.41, 5.74) is 8.00. The quantitative estimate of drug-likeness (QED) is 0.0623. The third kappa shape index (κ3) is 22.4. The molecule has 12 aromatic carbocycles. The molecular weight excluding hydrogens is 1870 g/mol. The highest BCUT2D eigenvalue weighted by molar-refractivity contribution is 7.98. The summed E-state index contributed by atoms with van der Waals surface area (Å²) >= 11 is 27.1. The van der Waals surface area contributed by atoms with Crippen LogP contribution in [-0.4, -0.2) is 58.2 Å². The first-order valence-corrected chi connectivity index (χ1v) is 45.1. The van der Waals surface area contributed by atoms with E-state index < -0.39 is 22.5 Å². The molecule has 0 saturated carbocycles. The molecule has 137 heavy (non-hydrogen) atoms. The number of aromatic nitrogens is 9. The molecule has 22 aromatic rings. The van der Waals surface area contributed by atoms with Crippen LogP contribution < -0.4 is 49.7 Å². The lowest BCUT2D eigenvalue weighted by atomic mass is 10.0. The lowest BCUT2D eigenvalue weighted by Crippen LogP contribution is -2.06. The number of hydrogen-bond donors (Lipinski definition) is 0. The maximum Gasteiger partial charge on any atom is 0.348 e.